The molecule has 0 radical (unpaired) electrons. The van der Waals surface area contributed by atoms with Crippen molar-refractivity contribution in [2.24, 2.45) is 5.92 Å². The third-order valence-electron chi connectivity index (χ3n) is 10.4. The first kappa shape index (κ1) is 28.3. The molecule has 8 nitrogen and oxygen atoms in total. The molecule has 8 rings (SSSR count). The van der Waals surface area contributed by atoms with Crippen molar-refractivity contribution >= 4 is 28.5 Å². The molecule has 45 heavy (non-hydrogen) atoms. The minimum atomic E-state index is -0.615. The third kappa shape index (κ3) is 5.20. The molecule has 4 aromatic rings. The smallest absolute Gasteiger partial charge is 0.237 e. The van der Waals surface area contributed by atoms with E-state index in [1.807, 2.05) is 36.5 Å². The van der Waals surface area contributed by atoms with Crippen LogP contribution in [0.3, 0.4) is 0 Å². The third-order valence-corrected chi connectivity index (χ3v) is 10.4. The monoisotopic (exact) mass is 602 g/mol. The Morgan fingerprint density at radius 3 is 2.62 bits per heavy atom. The first-order valence-corrected chi connectivity index (χ1v) is 16.3. The van der Waals surface area contributed by atoms with Gasteiger partial charge in [-0.15, -0.1) is 0 Å². The number of benzene rings is 2. The van der Waals surface area contributed by atoms with E-state index in [1.54, 1.807) is 6.20 Å². The van der Waals surface area contributed by atoms with Crippen LogP contribution in [0.4, 0.5) is 5.82 Å². The van der Waals surface area contributed by atoms with Crippen molar-refractivity contribution in [2.45, 2.75) is 75.7 Å². The lowest BCUT2D eigenvalue weighted by atomic mass is 9.79. The molecule has 0 bridgehead atoms. The van der Waals surface area contributed by atoms with Crippen LogP contribution in [0.15, 0.2) is 73.1 Å². The molecular weight excluding hydrogens is 564 g/mol. The van der Waals surface area contributed by atoms with Crippen LogP contribution in [0, 0.1) is 5.92 Å². The van der Waals surface area contributed by atoms with Crippen LogP contribution in [0.1, 0.15) is 59.9 Å². The van der Waals surface area contributed by atoms with E-state index in [0.717, 1.165) is 65.3 Å². The molecule has 230 valence electrons. The standard InChI is InChI=1S/C37H38N4O4/c42-35(26-11-14-44-15-12-26)41(32-9-4-10-33(32)45-23-24-6-2-1-3-7-24)22-25-16-27-17-28-19-37(20-29(28)18-31(27)39-21-25)30-8-5-13-38-34(30)40-36(37)43/h1-3,5-8,13,16-18,21,26,32-33H,4,9-12,14-15,19-20,22-23H2,(H,38,40,43)/t32?,33-,37-/m0/s1. The Bertz CT molecular complexity index is 1750. The Labute approximate surface area is 263 Å². The molecule has 1 spiro atoms. The summed E-state index contributed by atoms with van der Waals surface area (Å²) >= 11 is 0. The van der Waals surface area contributed by atoms with E-state index in [2.05, 4.69) is 45.5 Å². The van der Waals surface area contributed by atoms with Gasteiger partial charge in [0.2, 0.25) is 11.8 Å². The van der Waals surface area contributed by atoms with E-state index in [-0.39, 0.29) is 29.9 Å². The quantitative estimate of drug-likeness (QED) is 0.300. The van der Waals surface area contributed by atoms with Gasteiger partial charge in [-0.3, -0.25) is 14.6 Å². The predicted molar refractivity (Wildman–Crippen MR) is 170 cm³/mol. The van der Waals surface area contributed by atoms with E-state index in [0.29, 0.717) is 45.0 Å². The number of amides is 2. The summed E-state index contributed by atoms with van der Waals surface area (Å²) in [6, 6.07) is 20.7. The summed E-state index contributed by atoms with van der Waals surface area (Å²) in [7, 11) is 0. The van der Waals surface area contributed by atoms with Gasteiger partial charge in [-0.1, -0.05) is 36.4 Å². The van der Waals surface area contributed by atoms with E-state index in [9.17, 15) is 9.59 Å². The van der Waals surface area contributed by atoms with Gasteiger partial charge in [0.05, 0.1) is 29.7 Å². The molecule has 1 N–H and O–H groups in total. The highest BCUT2D eigenvalue weighted by Crippen LogP contribution is 2.47. The van der Waals surface area contributed by atoms with Gasteiger partial charge in [0.1, 0.15) is 5.82 Å². The molecular formula is C37H38N4O4. The number of hydrogen-bond donors (Lipinski definition) is 1. The highest BCUT2D eigenvalue weighted by molar-refractivity contribution is 6.06. The number of pyridine rings is 2. The number of ether oxygens (including phenoxy) is 2. The van der Waals surface area contributed by atoms with Gasteiger partial charge in [-0.05, 0) is 91.5 Å². The van der Waals surface area contributed by atoms with Crippen molar-refractivity contribution in [3.63, 3.8) is 0 Å². The molecule has 3 atom stereocenters. The minimum Gasteiger partial charge on any atom is -0.381 e. The number of fused-ring (bicyclic) bond motifs is 4. The van der Waals surface area contributed by atoms with Crippen LogP contribution in [0.5, 0.6) is 0 Å². The molecule has 2 amide bonds. The first-order chi connectivity index (χ1) is 22.1. The van der Waals surface area contributed by atoms with Crippen molar-refractivity contribution in [1.29, 1.82) is 0 Å². The van der Waals surface area contributed by atoms with Crippen LogP contribution < -0.4 is 5.32 Å². The van der Waals surface area contributed by atoms with Gasteiger partial charge in [0.25, 0.3) is 0 Å². The van der Waals surface area contributed by atoms with E-state index >= 15 is 0 Å². The lowest BCUT2D eigenvalue weighted by Crippen LogP contribution is -2.48. The fraction of sp³-hybridized carbons (Fsp3) is 0.405. The molecule has 4 aliphatic rings. The topological polar surface area (TPSA) is 93.7 Å². The normalized spacial score (nSPS) is 24.1. The lowest BCUT2D eigenvalue weighted by molar-refractivity contribution is -0.145. The number of aromatic nitrogens is 2. The predicted octanol–water partition coefficient (Wildman–Crippen LogP) is 5.51. The second-order valence-corrected chi connectivity index (χ2v) is 13.1. The molecule has 1 saturated heterocycles. The van der Waals surface area contributed by atoms with Crippen molar-refractivity contribution in [3.05, 3.63) is 101 Å². The Morgan fingerprint density at radius 1 is 0.956 bits per heavy atom. The molecule has 2 aliphatic heterocycles. The number of anilines is 1. The van der Waals surface area contributed by atoms with Gasteiger partial charge in [0.15, 0.2) is 0 Å². The first-order valence-electron chi connectivity index (χ1n) is 16.3. The second kappa shape index (κ2) is 11.7. The van der Waals surface area contributed by atoms with Gasteiger partial charge in [-0.25, -0.2) is 4.98 Å². The number of carbonyl (C=O) groups is 2. The van der Waals surface area contributed by atoms with E-state index in [4.69, 9.17) is 14.5 Å². The highest BCUT2D eigenvalue weighted by Gasteiger charge is 2.51. The van der Waals surface area contributed by atoms with Crippen molar-refractivity contribution < 1.29 is 19.1 Å². The maximum absolute atomic E-state index is 14.2. The van der Waals surface area contributed by atoms with Gasteiger partial charge >= 0.3 is 0 Å². The highest BCUT2D eigenvalue weighted by atomic mass is 16.5. The summed E-state index contributed by atoms with van der Waals surface area (Å²) in [6.07, 6.45) is 9.36. The largest absolute Gasteiger partial charge is 0.381 e. The summed E-state index contributed by atoms with van der Waals surface area (Å²) in [5.74, 6) is 0.867. The fourth-order valence-corrected chi connectivity index (χ4v) is 8.00. The maximum Gasteiger partial charge on any atom is 0.237 e. The maximum atomic E-state index is 14.2. The fourth-order valence-electron chi connectivity index (χ4n) is 8.00. The zero-order valence-electron chi connectivity index (χ0n) is 25.4. The number of nitrogens with one attached hydrogen (secondary N) is 1. The Kier molecular flexibility index (Phi) is 7.34. The number of nitrogens with zero attached hydrogens (tertiary/aromatic N) is 3. The Hall–Kier alpha value is -4.14. The average Bonchev–Trinajstić information content (AvgIpc) is 3.77. The summed E-state index contributed by atoms with van der Waals surface area (Å²) in [4.78, 5) is 38.8. The van der Waals surface area contributed by atoms with E-state index < -0.39 is 5.41 Å². The molecule has 2 aromatic carbocycles. The summed E-state index contributed by atoms with van der Waals surface area (Å²) < 4.78 is 12.1. The number of hydrogen-bond acceptors (Lipinski definition) is 6. The molecule has 8 heteroatoms. The molecule has 1 saturated carbocycles. The Balaban J connectivity index is 1.07. The zero-order chi connectivity index (χ0) is 30.4. The van der Waals surface area contributed by atoms with Crippen molar-refractivity contribution in [1.82, 2.24) is 14.9 Å². The van der Waals surface area contributed by atoms with Crippen LogP contribution >= 0.6 is 0 Å². The summed E-state index contributed by atoms with van der Waals surface area (Å²) in [5.41, 5.74) is 5.77. The number of carbonyl (C=O) groups excluding carboxylic acids is 2. The second-order valence-electron chi connectivity index (χ2n) is 13.1. The van der Waals surface area contributed by atoms with Crippen LogP contribution in [0.2, 0.25) is 0 Å². The van der Waals surface area contributed by atoms with Gasteiger partial charge in [-0.2, -0.15) is 0 Å². The minimum absolute atomic E-state index is 0.00297. The zero-order valence-corrected chi connectivity index (χ0v) is 25.4. The summed E-state index contributed by atoms with van der Waals surface area (Å²) in [6.45, 7) is 2.30. The van der Waals surface area contributed by atoms with Crippen molar-refractivity contribution in [2.75, 3.05) is 18.5 Å². The SMILES string of the molecule is O=C(C1CCOCC1)N(Cc1cnc2cc3c(cc2c1)C[C@@]1(C3)C(=O)Nc2ncccc21)C1CCC[C@@H]1OCc1ccccc1. The summed E-state index contributed by atoms with van der Waals surface area (Å²) in [5, 5.41) is 4.04. The molecule has 4 heterocycles. The molecule has 1 unspecified atom stereocenters. The lowest BCUT2D eigenvalue weighted by Gasteiger charge is -2.36. The number of rotatable bonds is 7. The van der Waals surface area contributed by atoms with Gasteiger partial charge in [0, 0.05) is 49.0 Å². The van der Waals surface area contributed by atoms with Gasteiger partial charge < -0.3 is 19.7 Å². The van der Waals surface area contributed by atoms with Crippen molar-refractivity contribution in [3.8, 4) is 0 Å². The Morgan fingerprint density at radius 2 is 1.78 bits per heavy atom. The van der Waals surface area contributed by atoms with Crippen LogP contribution in [-0.4, -0.2) is 52.0 Å². The molecule has 2 fully saturated rings. The van der Waals surface area contributed by atoms with Crippen LogP contribution in [0.25, 0.3) is 10.9 Å². The molecule has 2 aliphatic carbocycles. The van der Waals surface area contributed by atoms with Crippen LogP contribution in [-0.2, 0) is 50.5 Å². The molecule has 2 aromatic heterocycles. The average molecular weight is 603 g/mol. The van der Waals surface area contributed by atoms with E-state index in [1.165, 1.54) is 5.56 Å².